The first-order valence-electron chi connectivity index (χ1n) is 4.83. The maximum atomic E-state index is 5.87. The van der Waals surface area contributed by atoms with Crippen molar-refractivity contribution in [3.63, 3.8) is 0 Å². The largest absolute Gasteiger partial charge is 0.378 e. The van der Waals surface area contributed by atoms with Gasteiger partial charge in [-0.15, -0.1) is 11.8 Å². The molecule has 0 aliphatic rings. The molecule has 0 spiro atoms. The van der Waals surface area contributed by atoms with Crippen LogP contribution in [-0.4, -0.2) is 18.5 Å². The van der Waals surface area contributed by atoms with Crippen molar-refractivity contribution in [3.05, 3.63) is 27.7 Å². The molecule has 1 aromatic rings. The number of rotatable bonds is 5. The Morgan fingerprint density at radius 2 is 2.27 bits per heavy atom. The second kappa shape index (κ2) is 6.79. The first-order valence-corrected chi connectivity index (χ1v) is 6.98. The van der Waals surface area contributed by atoms with E-state index in [4.69, 9.17) is 16.3 Å². The highest BCUT2D eigenvalue weighted by Gasteiger charge is 2.05. The third kappa shape index (κ3) is 4.77. The smallest absolute Gasteiger partial charge is 0.0640 e. The van der Waals surface area contributed by atoms with Gasteiger partial charge in [-0.3, -0.25) is 0 Å². The summed E-state index contributed by atoms with van der Waals surface area (Å²) in [5.74, 6) is 0.952. The lowest BCUT2D eigenvalue weighted by molar-refractivity contribution is 0.0932. The standard InChI is InChI=1S/C11H14BrClOS/c1-3-14-8(2)7-15-11-5-4-9(13)6-10(11)12/h4-6,8H,3,7H2,1-2H3. The highest BCUT2D eigenvalue weighted by atomic mass is 79.9. The highest BCUT2D eigenvalue weighted by molar-refractivity contribution is 9.10. The molecule has 1 unspecified atom stereocenters. The van der Waals surface area contributed by atoms with Gasteiger partial charge in [0.25, 0.3) is 0 Å². The summed E-state index contributed by atoms with van der Waals surface area (Å²) in [5.41, 5.74) is 0. The van der Waals surface area contributed by atoms with E-state index in [9.17, 15) is 0 Å². The topological polar surface area (TPSA) is 9.23 Å². The first-order chi connectivity index (χ1) is 7.13. The van der Waals surface area contributed by atoms with E-state index >= 15 is 0 Å². The molecule has 15 heavy (non-hydrogen) atoms. The molecule has 0 N–H and O–H groups in total. The number of thioether (sulfide) groups is 1. The van der Waals surface area contributed by atoms with Crippen molar-refractivity contribution in [2.75, 3.05) is 12.4 Å². The van der Waals surface area contributed by atoms with Gasteiger partial charge in [0.15, 0.2) is 0 Å². The lowest BCUT2D eigenvalue weighted by Crippen LogP contribution is -2.10. The lowest BCUT2D eigenvalue weighted by atomic mass is 10.4. The minimum absolute atomic E-state index is 0.280. The van der Waals surface area contributed by atoms with E-state index < -0.39 is 0 Å². The summed E-state index contributed by atoms with van der Waals surface area (Å²) in [6, 6.07) is 5.84. The van der Waals surface area contributed by atoms with Crippen molar-refractivity contribution in [2.24, 2.45) is 0 Å². The third-order valence-electron chi connectivity index (χ3n) is 1.82. The molecule has 0 saturated carbocycles. The predicted molar refractivity (Wildman–Crippen MR) is 71.0 cm³/mol. The van der Waals surface area contributed by atoms with Crippen LogP contribution in [0.1, 0.15) is 13.8 Å². The summed E-state index contributed by atoms with van der Waals surface area (Å²) in [6.45, 7) is 4.86. The molecule has 0 fully saturated rings. The van der Waals surface area contributed by atoms with E-state index in [1.807, 2.05) is 25.1 Å². The lowest BCUT2D eigenvalue weighted by Gasteiger charge is -2.11. The van der Waals surface area contributed by atoms with Crippen LogP contribution in [0.4, 0.5) is 0 Å². The van der Waals surface area contributed by atoms with Crippen LogP contribution in [0.3, 0.4) is 0 Å². The zero-order valence-corrected chi connectivity index (χ0v) is 12.0. The molecule has 0 aliphatic carbocycles. The zero-order chi connectivity index (χ0) is 11.3. The minimum atomic E-state index is 0.280. The quantitative estimate of drug-likeness (QED) is 0.734. The summed E-state index contributed by atoms with van der Waals surface area (Å²) in [4.78, 5) is 1.20. The van der Waals surface area contributed by atoms with E-state index in [1.54, 1.807) is 11.8 Å². The summed E-state index contributed by atoms with van der Waals surface area (Å²) in [6.07, 6.45) is 0.280. The van der Waals surface area contributed by atoms with E-state index in [2.05, 4.69) is 22.9 Å². The van der Waals surface area contributed by atoms with Crippen LogP contribution in [0.25, 0.3) is 0 Å². The van der Waals surface area contributed by atoms with Crippen molar-refractivity contribution < 1.29 is 4.74 Å². The van der Waals surface area contributed by atoms with Gasteiger partial charge in [0.1, 0.15) is 0 Å². The summed E-state index contributed by atoms with van der Waals surface area (Å²) in [7, 11) is 0. The van der Waals surface area contributed by atoms with E-state index in [-0.39, 0.29) is 6.10 Å². The SMILES string of the molecule is CCOC(C)CSc1ccc(Cl)cc1Br. The van der Waals surface area contributed by atoms with Gasteiger partial charge in [-0.1, -0.05) is 11.6 Å². The molecule has 84 valence electrons. The maximum Gasteiger partial charge on any atom is 0.0640 e. The number of benzene rings is 1. The van der Waals surface area contributed by atoms with Gasteiger partial charge in [-0.2, -0.15) is 0 Å². The molecular formula is C11H14BrClOS. The van der Waals surface area contributed by atoms with Gasteiger partial charge in [0, 0.05) is 26.8 Å². The molecule has 1 rings (SSSR count). The Balaban J connectivity index is 2.50. The second-order valence-corrected chi connectivity index (χ2v) is 5.50. The Morgan fingerprint density at radius 3 is 2.87 bits per heavy atom. The summed E-state index contributed by atoms with van der Waals surface area (Å²) in [5, 5.41) is 0.754. The van der Waals surface area contributed by atoms with Crippen molar-refractivity contribution in [3.8, 4) is 0 Å². The summed E-state index contributed by atoms with van der Waals surface area (Å²) >= 11 is 11.1. The van der Waals surface area contributed by atoms with Gasteiger partial charge in [-0.05, 0) is 48.0 Å². The molecule has 0 radical (unpaired) electrons. The Bertz CT molecular complexity index is 319. The van der Waals surface area contributed by atoms with Crippen LogP contribution in [0.5, 0.6) is 0 Å². The van der Waals surface area contributed by atoms with Crippen LogP contribution in [-0.2, 0) is 4.74 Å². The Labute approximate surface area is 109 Å². The number of ether oxygens (including phenoxy) is 1. The molecule has 0 amide bonds. The number of hydrogen-bond donors (Lipinski definition) is 0. The second-order valence-electron chi connectivity index (χ2n) is 3.15. The van der Waals surface area contributed by atoms with Crippen LogP contribution >= 0.6 is 39.3 Å². The van der Waals surface area contributed by atoms with E-state index in [1.165, 1.54) is 4.90 Å². The summed E-state index contributed by atoms with van der Waals surface area (Å²) < 4.78 is 6.51. The molecule has 0 bridgehead atoms. The van der Waals surface area contributed by atoms with E-state index in [0.29, 0.717) is 0 Å². The Kier molecular flexibility index (Phi) is 6.05. The number of hydrogen-bond acceptors (Lipinski definition) is 2. The molecule has 0 aromatic heterocycles. The molecule has 0 saturated heterocycles. The fourth-order valence-corrected chi connectivity index (χ4v) is 3.03. The van der Waals surface area contributed by atoms with Crippen LogP contribution in [0.15, 0.2) is 27.6 Å². The molecule has 4 heteroatoms. The van der Waals surface area contributed by atoms with Crippen LogP contribution < -0.4 is 0 Å². The van der Waals surface area contributed by atoms with Crippen molar-refractivity contribution in [1.29, 1.82) is 0 Å². The van der Waals surface area contributed by atoms with Gasteiger partial charge in [0.2, 0.25) is 0 Å². The fraction of sp³-hybridized carbons (Fsp3) is 0.455. The highest BCUT2D eigenvalue weighted by Crippen LogP contribution is 2.30. The minimum Gasteiger partial charge on any atom is -0.378 e. The number of halogens is 2. The molecule has 1 nitrogen and oxygen atoms in total. The van der Waals surface area contributed by atoms with Crippen molar-refractivity contribution in [2.45, 2.75) is 24.8 Å². The molecular weight excluding hydrogens is 296 g/mol. The normalized spacial score (nSPS) is 12.8. The molecule has 0 aliphatic heterocycles. The third-order valence-corrected chi connectivity index (χ3v) is 4.28. The molecule has 0 heterocycles. The van der Waals surface area contributed by atoms with Crippen molar-refractivity contribution in [1.82, 2.24) is 0 Å². The van der Waals surface area contributed by atoms with E-state index in [0.717, 1.165) is 21.9 Å². The zero-order valence-electron chi connectivity index (χ0n) is 8.80. The molecule has 1 aromatic carbocycles. The monoisotopic (exact) mass is 308 g/mol. The van der Waals surface area contributed by atoms with Gasteiger partial charge < -0.3 is 4.74 Å². The first kappa shape index (κ1) is 13.4. The van der Waals surface area contributed by atoms with Crippen molar-refractivity contribution >= 4 is 39.3 Å². The Hall–Kier alpha value is 0.300. The Morgan fingerprint density at radius 1 is 1.53 bits per heavy atom. The predicted octanol–water partition coefficient (Wildman–Crippen LogP) is 4.62. The fourth-order valence-electron chi connectivity index (χ4n) is 1.13. The van der Waals surface area contributed by atoms with Gasteiger partial charge in [0.05, 0.1) is 6.10 Å². The van der Waals surface area contributed by atoms with Gasteiger partial charge in [-0.25, -0.2) is 0 Å². The maximum absolute atomic E-state index is 5.87. The molecule has 1 atom stereocenters. The average Bonchev–Trinajstić information content (AvgIpc) is 2.17. The average molecular weight is 310 g/mol. The van der Waals surface area contributed by atoms with Gasteiger partial charge >= 0.3 is 0 Å². The van der Waals surface area contributed by atoms with Crippen LogP contribution in [0.2, 0.25) is 5.02 Å². The van der Waals surface area contributed by atoms with Crippen LogP contribution in [0, 0.1) is 0 Å².